The minimum atomic E-state index is -1.31. The van der Waals surface area contributed by atoms with Gasteiger partial charge in [-0.15, -0.1) is 0 Å². The standard InChI is InChI=1S/C18H26N2O5/c1-17(2,3)25-16(23)20-12-18(24,9-14(20)15(21)22)11-19-10-13-7-5-4-6-8-13/h4-8,14,19,24H,9-12H2,1-3H3,(H,21,22)/t14-,18+/m0/s1. The zero-order valence-corrected chi connectivity index (χ0v) is 14.9. The molecule has 0 unspecified atom stereocenters. The molecule has 7 heteroatoms. The lowest BCUT2D eigenvalue weighted by Crippen LogP contribution is -2.45. The molecular weight excluding hydrogens is 324 g/mol. The van der Waals surface area contributed by atoms with Crippen molar-refractivity contribution in [1.82, 2.24) is 10.2 Å². The molecule has 0 aromatic heterocycles. The number of carboxylic acid groups (broad SMARTS) is 1. The monoisotopic (exact) mass is 350 g/mol. The van der Waals surface area contributed by atoms with E-state index in [1.54, 1.807) is 20.8 Å². The van der Waals surface area contributed by atoms with Gasteiger partial charge in [0.1, 0.15) is 11.6 Å². The molecule has 0 radical (unpaired) electrons. The molecule has 1 saturated heterocycles. The van der Waals surface area contributed by atoms with Crippen LogP contribution in [-0.2, 0) is 16.1 Å². The summed E-state index contributed by atoms with van der Waals surface area (Å²) in [5.41, 5.74) is -0.982. The van der Waals surface area contributed by atoms with Crippen LogP contribution in [0, 0.1) is 0 Å². The first kappa shape index (κ1) is 19.2. The molecule has 1 aromatic rings. The number of carbonyl (C=O) groups excluding carboxylic acids is 1. The lowest BCUT2D eigenvalue weighted by molar-refractivity contribution is -0.142. The molecule has 25 heavy (non-hydrogen) atoms. The van der Waals surface area contributed by atoms with E-state index in [0.717, 1.165) is 10.5 Å². The topological polar surface area (TPSA) is 99.1 Å². The van der Waals surface area contributed by atoms with Crippen molar-refractivity contribution >= 4 is 12.1 Å². The molecule has 0 bridgehead atoms. The maximum atomic E-state index is 12.3. The third kappa shape index (κ3) is 5.44. The van der Waals surface area contributed by atoms with Crippen molar-refractivity contribution < 1.29 is 24.5 Å². The van der Waals surface area contributed by atoms with Crippen LogP contribution in [0.2, 0.25) is 0 Å². The maximum Gasteiger partial charge on any atom is 0.411 e. The van der Waals surface area contributed by atoms with Gasteiger partial charge in [-0.2, -0.15) is 0 Å². The first-order valence-electron chi connectivity index (χ1n) is 8.29. The third-order valence-electron chi connectivity index (χ3n) is 3.95. The van der Waals surface area contributed by atoms with Crippen molar-refractivity contribution in [2.24, 2.45) is 0 Å². The molecule has 0 aliphatic carbocycles. The number of ether oxygens (including phenoxy) is 1. The number of benzene rings is 1. The molecule has 1 fully saturated rings. The van der Waals surface area contributed by atoms with Gasteiger partial charge in [-0.25, -0.2) is 9.59 Å². The Bertz CT molecular complexity index is 614. The second-order valence-electron chi connectivity index (χ2n) is 7.48. The number of aliphatic carboxylic acids is 1. The van der Waals surface area contributed by atoms with E-state index in [1.165, 1.54) is 0 Å². The number of aliphatic hydroxyl groups is 1. The highest BCUT2D eigenvalue weighted by molar-refractivity contribution is 5.81. The van der Waals surface area contributed by atoms with E-state index < -0.39 is 29.3 Å². The van der Waals surface area contributed by atoms with E-state index in [9.17, 15) is 19.8 Å². The van der Waals surface area contributed by atoms with E-state index in [1.807, 2.05) is 30.3 Å². The maximum absolute atomic E-state index is 12.3. The van der Waals surface area contributed by atoms with Crippen LogP contribution in [0.1, 0.15) is 32.8 Å². The summed E-state index contributed by atoms with van der Waals surface area (Å²) < 4.78 is 5.26. The fourth-order valence-corrected chi connectivity index (χ4v) is 2.86. The summed E-state index contributed by atoms with van der Waals surface area (Å²) in [6.07, 6.45) is -0.762. The number of rotatable bonds is 5. The molecular formula is C18H26N2O5. The Morgan fingerprint density at radius 1 is 1.32 bits per heavy atom. The first-order valence-corrected chi connectivity index (χ1v) is 8.29. The van der Waals surface area contributed by atoms with Crippen LogP contribution in [0.3, 0.4) is 0 Å². The van der Waals surface area contributed by atoms with Crippen LogP contribution < -0.4 is 5.32 Å². The highest BCUT2D eigenvalue weighted by Gasteiger charge is 2.49. The van der Waals surface area contributed by atoms with E-state index >= 15 is 0 Å². The van der Waals surface area contributed by atoms with Gasteiger partial charge in [0.25, 0.3) is 0 Å². The van der Waals surface area contributed by atoms with Crippen LogP contribution in [0.5, 0.6) is 0 Å². The molecule has 0 spiro atoms. The van der Waals surface area contributed by atoms with Crippen molar-refractivity contribution in [3.8, 4) is 0 Å². The number of nitrogens with one attached hydrogen (secondary N) is 1. The average molecular weight is 350 g/mol. The predicted molar refractivity (Wildman–Crippen MR) is 92.1 cm³/mol. The van der Waals surface area contributed by atoms with E-state index in [0.29, 0.717) is 6.54 Å². The number of nitrogens with zero attached hydrogens (tertiary/aromatic N) is 1. The van der Waals surface area contributed by atoms with Crippen molar-refractivity contribution in [3.05, 3.63) is 35.9 Å². The van der Waals surface area contributed by atoms with Gasteiger partial charge in [-0.05, 0) is 26.3 Å². The van der Waals surface area contributed by atoms with Gasteiger partial charge in [0.2, 0.25) is 0 Å². The molecule has 1 amide bonds. The van der Waals surface area contributed by atoms with Gasteiger partial charge in [-0.1, -0.05) is 30.3 Å². The van der Waals surface area contributed by atoms with Crippen molar-refractivity contribution in [3.63, 3.8) is 0 Å². The van der Waals surface area contributed by atoms with Crippen LogP contribution in [0.15, 0.2) is 30.3 Å². The summed E-state index contributed by atoms with van der Waals surface area (Å²) in [6.45, 7) is 5.79. The van der Waals surface area contributed by atoms with Gasteiger partial charge >= 0.3 is 12.1 Å². The normalized spacial score (nSPS) is 23.5. The Balaban J connectivity index is 1.99. The summed E-state index contributed by atoms with van der Waals surface area (Å²) in [7, 11) is 0. The van der Waals surface area contributed by atoms with Crippen LogP contribution >= 0.6 is 0 Å². The number of hydrogen-bond acceptors (Lipinski definition) is 5. The number of hydrogen-bond donors (Lipinski definition) is 3. The van der Waals surface area contributed by atoms with Crippen molar-refractivity contribution in [2.45, 2.75) is 51.0 Å². The quantitative estimate of drug-likeness (QED) is 0.746. The molecule has 138 valence electrons. The average Bonchev–Trinajstić information content (AvgIpc) is 2.85. The minimum Gasteiger partial charge on any atom is -0.480 e. The molecule has 2 rings (SSSR count). The van der Waals surface area contributed by atoms with Gasteiger partial charge in [-0.3, -0.25) is 4.90 Å². The predicted octanol–water partition coefficient (Wildman–Crippen LogP) is 1.60. The molecule has 2 atom stereocenters. The fraction of sp³-hybridized carbons (Fsp3) is 0.556. The zero-order chi connectivity index (χ0) is 18.7. The summed E-state index contributed by atoms with van der Waals surface area (Å²) in [6, 6.07) is 8.58. The molecule has 3 N–H and O–H groups in total. The van der Waals surface area contributed by atoms with Crippen LogP contribution in [0.4, 0.5) is 4.79 Å². The Kier molecular flexibility index (Phi) is 5.69. The molecule has 0 saturated carbocycles. The van der Waals surface area contributed by atoms with E-state index in [-0.39, 0.29) is 19.5 Å². The van der Waals surface area contributed by atoms with Crippen LogP contribution in [0.25, 0.3) is 0 Å². The number of β-amino-alcohol motifs (C(OH)–C–C–N with tert-alkyl or cyclic N) is 1. The largest absolute Gasteiger partial charge is 0.480 e. The van der Waals surface area contributed by atoms with Gasteiger partial charge in [0.15, 0.2) is 0 Å². The smallest absolute Gasteiger partial charge is 0.411 e. The number of amides is 1. The van der Waals surface area contributed by atoms with Crippen molar-refractivity contribution in [1.29, 1.82) is 0 Å². The van der Waals surface area contributed by atoms with Gasteiger partial charge in [0, 0.05) is 19.5 Å². The summed E-state index contributed by atoms with van der Waals surface area (Å²) in [4.78, 5) is 24.8. The third-order valence-corrected chi connectivity index (χ3v) is 3.95. The lowest BCUT2D eigenvalue weighted by Gasteiger charge is -2.27. The van der Waals surface area contributed by atoms with Crippen molar-refractivity contribution in [2.75, 3.05) is 13.1 Å². The summed E-state index contributed by atoms with van der Waals surface area (Å²) in [5.74, 6) is -1.15. The number of carboxylic acids is 1. The molecule has 1 aromatic carbocycles. The highest BCUT2D eigenvalue weighted by atomic mass is 16.6. The van der Waals surface area contributed by atoms with E-state index in [4.69, 9.17) is 4.74 Å². The van der Waals surface area contributed by atoms with Gasteiger partial charge < -0.3 is 20.3 Å². The SMILES string of the molecule is CC(C)(C)OC(=O)N1C[C@](O)(CNCc2ccccc2)C[C@H]1C(=O)O. The number of likely N-dealkylation sites (tertiary alicyclic amines) is 1. The molecule has 1 heterocycles. The minimum absolute atomic E-state index is 0.0383. The molecule has 7 nitrogen and oxygen atoms in total. The molecule has 1 aliphatic heterocycles. The van der Waals surface area contributed by atoms with E-state index in [2.05, 4.69) is 5.32 Å². The Labute approximate surface area is 147 Å². The highest BCUT2D eigenvalue weighted by Crippen LogP contribution is 2.29. The van der Waals surface area contributed by atoms with Crippen LogP contribution in [-0.4, -0.2) is 57.5 Å². The number of carbonyl (C=O) groups is 2. The second kappa shape index (κ2) is 7.41. The first-order chi connectivity index (χ1) is 11.6. The lowest BCUT2D eigenvalue weighted by atomic mass is 10.00. The fourth-order valence-electron chi connectivity index (χ4n) is 2.86. The zero-order valence-electron chi connectivity index (χ0n) is 14.9. The summed E-state index contributed by atoms with van der Waals surface area (Å²) >= 11 is 0. The van der Waals surface area contributed by atoms with Gasteiger partial charge in [0.05, 0.1) is 12.1 Å². The Hall–Kier alpha value is -2.12. The Morgan fingerprint density at radius 2 is 1.96 bits per heavy atom. The molecule has 1 aliphatic rings. The Morgan fingerprint density at radius 3 is 2.52 bits per heavy atom. The summed E-state index contributed by atoms with van der Waals surface area (Å²) in [5, 5.41) is 23.2. The second-order valence-corrected chi connectivity index (χ2v) is 7.48.